The Morgan fingerprint density at radius 2 is 2.35 bits per heavy atom. The number of hydrogen-bond acceptors (Lipinski definition) is 2. The first-order chi connectivity index (χ1) is 7.99. The van der Waals surface area contributed by atoms with Crippen LogP contribution in [-0.2, 0) is 4.79 Å². The fourth-order valence-electron chi connectivity index (χ4n) is 1.98. The van der Waals surface area contributed by atoms with Crippen LogP contribution in [0.25, 0.3) is 0 Å². The van der Waals surface area contributed by atoms with Crippen molar-refractivity contribution in [3.63, 3.8) is 0 Å². The van der Waals surface area contributed by atoms with Crippen LogP contribution < -0.4 is 4.90 Å². The molecule has 92 valence electrons. The zero-order chi connectivity index (χ0) is 12.6. The number of aliphatic carboxylic acids is 1. The van der Waals surface area contributed by atoms with Gasteiger partial charge >= 0.3 is 5.97 Å². The molecule has 0 amide bonds. The molecule has 5 heteroatoms. The van der Waals surface area contributed by atoms with Gasteiger partial charge in [-0.2, -0.15) is 0 Å². The van der Waals surface area contributed by atoms with E-state index in [1.165, 1.54) is 12.1 Å². The van der Waals surface area contributed by atoms with E-state index in [2.05, 4.69) is 0 Å². The number of carboxylic acids is 1. The molecule has 3 nitrogen and oxygen atoms in total. The maximum absolute atomic E-state index is 13.5. The lowest BCUT2D eigenvalue weighted by atomic mass is 10.2. The molecule has 0 aromatic heterocycles. The summed E-state index contributed by atoms with van der Waals surface area (Å²) >= 11 is 5.80. The number of benzene rings is 1. The second-order valence-electron chi connectivity index (χ2n) is 4.42. The van der Waals surface area contributed by atoms with Gasteiger partial charge in [0.05, 0.1) is 11.6 Å². The van der Waals surface area contributed by atoms with Crippen molar-refractivity contribution in [3.8, 4) is 0 Å². The zero-order valence-electron chi connectivity index (χ0n) is 9.36. The highest BCUT2D eigenvalue weighted by Gasteiger charge is 2.43. The Kier molecular flexibility index (Phi) is 3.24. The summed E-state index contributed by atoms with van der Waals surface area (Å²) in [5, 5.41) is 9.26. The minimum absolute atomic E-state index is 0.107. The van der Waals surface area contributed by atoms with E-state index in [1.54, 1.807) is 18.0 Å². The zero-order valence-corrected chi connectivity index (χ0v) is 10.1. The molecule has 1 saturated carbocycles. The van der Waals surface area contributed by atoms with Crippen molar-refractivity contribution in [1.29, 1.82) is 0 Å². The Balaban J connectivity index is 2.03. The number of halogens is 2. The third kappa shape index (κ3) is 2.69. The topological polar surface area (TPSA) is 40.5 Å². The van der Waals surface area contributed by atoms with E-state index in [0.717, 1.165) is 0 Å². The summed E-state index contributed by atoms with van der Waals surface area (Å²) in [5.74, 6) is -1.28. The molecule has 1 aliphatic rings. The summed E-state index contributed by atoms with van der Waals surface area (Å²) < 4.78 is 13.5. The molecule has 0 spiro atoms. The molecule has 2 rings (SSSR count). The van der Waals surface area contributed by atoms with Crippen LogP contribution in [-0.4, -0.2) is 24.7 Å². The van der Waals surface area contributed by atoms with Gasteiger partial charge < -0.3 is 10.0 Å². The summed E-state index contributed by atoms with van der Waals surface area (Å²) in [7, 11) is 1.74. The van der Waals surface area contributed by atoms with Crippen molar-refractivity contribution in [1.82, 2.24) is 0 Å². The van der Waals surface area contributed by atoms with Gasteiger partial charge in [-0.15, -0.1) is 0 Å². The second kappa shape index (κ2) is 4.53. The predicted octanol–water partition coefficient (Wildman–Crippen LogP) is 2.64. The first-order valence-corrected chi connectivity index (χ1v) is 5.76. The van der Waals surface area contributed by atoms with Crippen molar-refractivity contribution in [3.05, 3.63) is 29.0 Å². The third-order valence-corrected chi connectivity index (χ3v) is 3.30. The molecular formula is C12H13ClFNO2. The van der Waals surface area contributed by atoms with Gasteiger partial charge in [0, 0.05) is 18.6 Å². The first kappa shape index (κ1) is 12.2. The molecule has 1 N–H and O–H groups in total. The number of nitrogens with zero attached hydrogens (tertiary/aromatic N) is 1. The average molecular weight is 258 g/mol. The Labute approximate surface area is 104 Å². The Bertz CT molecular complexity index is 452. The molecule has 2 atom stereocenters. The highest BCUT2D eigenvalue weighted by molar-refractivity contribution is 6.30. The van der Waals surface area contributed by atoms with Crippen molar-refractivity contribution in [2.45, 2.75) is 6.42 Å². The molecule has 2 unspecified atom stereocenters. The molecule has 1 aromatic carbocycles. The van der Waals surface area contributed by atoms with Gasteiger partial charge in [-0.3, -0.25) is 4.79 Å². The lowest BCUT2D eigenvalue weighted by Crippen LogP contribution is -2.22. The van der Waals surface area contributed by atoms with Gasteiger partial charge in [-0.25, -0.2) is 4.39 Å². The highest BCUT2D eigenvalue weighted by atomic mass is 35.5. The average Bonchev–Trinajstić information content (AvgIpc) is 3.01. The highest BCUT2D eigenvalue weighted by Crippen LogP contribution is 2.40. The van der Waals surface area contributed by atoms with Gasteiger partial charge in [0.1, 0.15) is 5.82 Å². The van der Waals surface area contributed by atoms with E-state index < -0.39 is 5.97 Å². The van der Waals surface area contributed by atoms with Gasteiger partial charge in [0.25, 0.3) is 0 Å². The molecule has 0 saturated heterocycles. The van der Waals surface area contributed by atoms with E-state index in [1.807, 2.05) is 0 Å². The minimum Gasteiger partial charge on any atom is -0.481 e. The summed E-state index contributed by atoms with van der Waals surface area (Å²) in [5.41, 5.74) is 0.411. The maximum atomic E-state index is 13.5. The standard InChI is InChI=1S/C12H13ClFNO2/c1-15(6-7-4-9(7)12(16)17)11-5-8(13)2-3-10(11)14/h2-3,5,7,9H,4,6H2,1H3,(H,16,17). The predicted molar refractivity (Wildman–Crippen MR) is 63.9 cm³/mol. The van der Waals surface area contributed by atoms with E-state index in [9.17, 15) is 9.18 Å². The molecule has 0 radical (unpaired) electrons. The fraction of sp³-hybridized carbons (Fsp3) is 0.417. The van der Waals surface area contributed by atoms with Crippen molar-refractivity contribution >= 4 is 23.3 Å². The van der Waals surface area contributed by atoms with E-state index >= 15 is 0 Å². The minimum atomic E-state index is -0.769. The van der Waals surface area contributed by atoms with Crippen molar-refractivity contribution in [2.75, 3.05) is 18.5 Å². The largest absolute Gasteiger partial charge is 0.481 e. The van der Waals surface area contributed by atoms with Crippen LogP contribution in [0.4, 0.5) is 10.1 Å². The van der Waals surface area contributed by atoms with Gasteiger partial charge in [0.2, 0.25) is 0 Å². The second-order valence-corrected chi connectivity index (χ2v) is 4.85. The summed E-state index contributed by atoms with van der Waals surface area (Å²) in [6.07, 6.45) is 0.669. The Morgan fingerprint density at radius 1 is 1.65 bits per heavy atom. The molecule has 0 heterocycles. The Morgan fingerprint density at radius 3 is 2.94 bits per heavy atom. The molecule has 0 aliphatic heterocycles. The van der Waals surface area contributed by atoms with E-state index in [0.29, 0.717) is 23.7 Å². The summed E-state index contributed by atoms with van der Waals surface area (Å²) in [6, 6.07) is 4.36. The van der Waals surface area contributed by atoms with E-state index in [4.69, 9.17) is 16.7 Å². The molecule has 17 heavy (non-hydrogen) atoms. The summed E-state index contributed by atoms with van der Waals surface area (Å²) in [4.78, 5) is 12.4. The molecule has 0 bridgehead atoms. The van der Waals surface area contributed by atoms with Gasteiger partial charge in [0.15, 0.2) is 0 Å². The van der Waals surface area contributed by atoms with Gasteiger partial charge in [-0.1, -0.05) is 11.6 Å². The molecular weight excluding hydrogens is 245 g/mol. The lowest BCUT2D eigenvalue weighted by Gasteiger charge is -2.20. The van der Waals surface area contributed by atoms with Crippen LogP contribution in [0.5, 0.6) is 0 Å². The van der Waals surface area contributed by atoms with E-state index in [-0.39, 0.29) is 17.7 Å². The van der Waals surface area contributed by atoms with Crippen LogP contribution in [0.15, 0.2) is 18.2 Å². The van der Waals surface area contributed by atoms with Crippen LogP contribution >= 0.6 is 11.6 Å². The van der Waals surface area contributed by atoms with Crippen molar-refractivity contribution < 1.29 is 14.3 Å². The quantitative estimate of drug-likeness (QED) is 0.902. The number of rotatable bonds is 4. The molecule has 1 aromatic rings. The molecule has 1 fully saturated rings. The SMILES string of the molecule is CN(CC1CC1C(=O)O)c1cc(Cl)ccc1F. The van der Waals surface area contributed by atoms with Crippen LogP contribution in [0.3, 0.4) is 0 Å². The third-order valence-electron chi connectivity index (χ3n) is 3.07. The number of carboxylic acid groups (broad SMARTS) is 1. The smallest absolute Gasteiger partial charge is 0.306 e. The fourth-order valence-corrected chi connectivity index (χ4v) is 2.15. The number of anilines is 1. The first-order valence-electron chi connectivity index (χ1n) is 5.38. The number of carbonyl (C=O) groups is 1. The summed E-state index contributed by atoms with van der Waals surface area (Å²) in [6.45, 7) is 0.536. The molecule has 1 aliphatic carbocycles. The normalized spacial score (nSPS) is 22.3. The maximum Gasteiger partial charge on any atom is 0.306 e. The number of hydrogen-bond donors (Lipinski definition) is 1. The van der Waals surface area contributed by atoms with Crippen LogP contribution in [0.2, 0.25) is 5.02 Å². The van der Waals surface area contributed by atoms with Crippen molar-refractivity contribution in [2.24, 2.45) is 11.8 Å². The monoisotopic (exact) mass is 257 g/mol. The van der Waals surface area contributed by atoms with Gasteiger partial charge in [-0.05, 0) is 30.5 Å². The lowest BCUT2D eigenvalue weighted by molar-refractivity contribution is -0.138. The van der Waals surface area contributed by atoms with Crippen LogP contribution in [0.1, 0.15) is 6.42 Å². The van der Waals surface area contributed by atoms with Crippen LogP contribution in [0, 0.1) is 17.7 Å². The Hall–Kier alpha value is -1.29.